The molecule has 0 spiro atoms. The summed E-state index contributed by atoms with van der Waals surface area (Å²) in [6.45, 7) is 8.44. The molecule has 1 N–H and O–H groups in total. The molecule has 1 saturated heterocycles. The van der Waals surface area contributed by atoms with E-state index in [2.05, 4.69) is 37.8 Å². The summed E-state index contributed by atoms with van der Waals surface area (Å²) in [6.07, 6.45) is 5.35. The molecule has 20 heavy (non-hydrogen) atoms. The summed E-state index contributed by atoms with van der Waals surface area (Å²) in [6, 6.07) is 0.945. The second-order valence-corrected chi connectivity index (χ2v) is 5.55. The lowest BCUT2D eigenvalue weighted by Crippen LogP contribution is -2.23. The largest absolute Gasteiger partial charge is 0.381 e. The molecule has 2 heterocycles. The molecule has 1 aromatic heterocycles. The summed E-state index contributed by atoms with van der Waals surface area (Å²) >= 11 is 0. The normalized spacial score (nSPS) is 18.4. The molecular weight excluding hydrogens is 250 g/mol. The van der Waals surface area contributed by atoms with Crippen molar-refractivity contribution in [1.82, 2.24) is 15.1 Å². The first-order valence-corrected chi connectivity index (χ1v) is 8.11. The molecule has 0 radical (unpaired) electrons. The fourth-order valence-corrected chi connectivity index (χ4v) is 3.33. The molecule has 4 nitrogen and oxygen atoms in total. The molecular formula is C16H29N3O. The minimum absolute atomic E-state index is 0.425. The summed E-state index contributed by atoms with van der Waals surface area (Å²) in [5, 5.41) is 8.42. The number of nitrogens with one attached hydrogen (secondary N) is 1. The average molecular weight is 279 g/mol. The Labute approximate surface area is 122 Å². The summed E-state index contributed by atoms with van der Waals surface area (Å²) in [4.78, 5) is 0. The van der Waals surface area contributed by atoms with E-state index >= 15 is 0 Å². The van der Waals surface area contributed by atoms with Crippen LogP contribution in [-0.2, 0) is 17.6 Å². The van der Waals surface area contributed by atoms with Crippen molar-refractivity contribution >= 4 is 0 Å². The number of rotatable bonds is 6. The lowest BCUT2D eigenvalue weighted by molar-refractivity contribution is 0.0653. The van der Waals surface area contributed by atoms with Gasteiger partial charge in [-0.05, 0) is 39.2 Å². The van der Waals surface area contributed by atoms with Crippen LogP contribution in [0.2, 0.25) is 0 Å². The molecule has 1 fully saturated rings. The molecule has 114 valence electrons. The van der Waals surface area contributed by atoms with Crippen molar-refractivity contribution in [3.05, 3.63) is 17.0 Å². The van der Waals surface area contributed by atoms with Crippen LogP contribution in [-0.4, -0.2) is 30.0 Å². The monoisotopic (exact) mass is 279 g/mol. The SMILES string of the molecule is CCc1nn(C2CCOCC2)c(CC)c1C(CC)NC. The molecule has 2 rings (SSSR count). The zero-order valence-electron chi connectivity index (χ0n) is 13.4. The van der Waals surface area contributed by atoms with Gasteiger partial charge in [-0.3, -0.25) is 4.68 Å². The Kier molecular flexibility index (Phi) is 5.61. The minimum Gasteiger partial charge on any atom is -0.381 e. The van der Waals surface area contributed by atoms with Gasteiger partial charge in [0.1, 0.15) is 0 Å². The molecule has 1 aliphatic rings. The van der Waals surface area contributed by atoms with Crippen LogP contribution in [0, 0.1) is 0 Å². The van der Waals surface area contributed by atoms with Crippen molar-refractivity contribution in [2.24, 2.45) is 0 Å². The van der Waals surface area contributed by atoms with Gasteiger partial charge in [-0.25, -0.2) is 0 Å². The van der Waals surface area contributed by atoms with Crippen molar-refractivity contribution in [2.45, 2.75) is 65.0 Å². The Morgan fingerprint density at radius 1 is 1.25 bits per heavy atom. The Balaban J connectivity index is 2.41. The number of aromatic nitrogens is 2. The molecule has 0 aliphatic carbocycles. The lowest BCUT2D eigenvalue weighted by Gasteiger charge is -2.25. The molecule has 4 heteroatoms. The predicted octanol–water partition coefficient (Wildman–Crippen LogP) is 3.03. The van der Waals surface area contributed by atoms with Crippen molar-refractivity contribution in [2.75, 3.05) is 20.3 Å². The van der Waals surface area contributed by atoms with Crippen LogP contribution in [0.4, 0.5) is 0 Å². The highest BCUT2D eigenvalue weighted by Crippen LogP contribution is 2.30. The van der Waals surface area contributed by atoms with Crippen LogP contribution in [0.3, 0.4) is 0 Å². The van der Waals surface area contributed by atoms with E-state index in [-0.39, 0.29) is 0 Å². The van der Waals surface area contributed by atoms with Gasteiger partial charge in [-0.1, -0.05) is 20.8 Å². The molecule has 0 aromatic carbocycles. The van der Waals surface area contributed by atoms with Crippen molar-refractivity contribution in [3.63, 3.8) is 0 Å². The second-order valence-electron chi connectivity index (χ2n) is 5.55. The van der Waals surface area contributed by atoms with E-state index < -0.39 is 0 Å². The molecule has 1 aromatic rings. The molecule has 1 atom stereocenters. The van der Waals surface area contributed by atoms with E-state index in [1.165, 1.54) is 17.0 Å². The maximum Gasteiger partial charge on any atom is 0.0672 e. The second kappa shape index (κ2) is 7.23. The number of hydrogen-bond acceptors (Lipinski definition) is 3. The van der Waals surface area contributed by atoms with Gasteiger partial charge >= 0.3 is 0 Å². The van der Waals surface area contributed by atoms with Crippen LogP contribution in [0.15, 0.2) is 0 Å². The molecule has 0 bridgehead atoms. The molecule has 0 amide bonds. The molecule has 1 unspecified atom stereocenters. The van der Waals surface area contributed by atoms with Crippen LogP contribution in [0.1, 0.15) is 69.1 Å². The quantitative estimate of drug-likeness (QED) is 0.870. The molecule has 1 aliphatic heterocycles. The topological polar surface area (TPSA) is 39.1 Å². The van der Waals surface area contributed by atoms with Crippen LogP contribution >= 0.6 is 0 Å². The van der Waals surface area contributed by atoms with E-state index in [0.717, 1.165) is 45.3 Å². The van der Waals surface area contributed by atoms with Crippen molar-refractivity contribution < 1.29 is 4.74 Å². The predicted molar refractivity (Wildman–Crippen MR) is 82.2 cm³/mol. The van der Waals surface area contributed by atoms with Gasteiger partial charge in [0.05, 0.1) is 11.7 Å². The van der Waals surface area contributed by atoms with Gasteiger partial charge in [-0.2, -0.15) is 5.10 Å². The zero-order valence-corrected chi connectivity index (χ0v) is 13.4. The Bertz CT molecular complexity index is 418. The Hall–Kier alpha value is -0.870. The number of nitrogens with zero attached hydrogens (tertiary/aromatic N) is 2. The summed E-state index contributed by atoms with van der Waals surface area (Å²) in [5.74, 6) is 0. The van der Waals surface area contributed by atoms with Gasteiger partial charge < -0.3 is 10.1 Å². The van der Waals surface area contributed by atoms with E-state index in [4.69, 9.17) is 9.84 Å². The van der Waals surface area contributed by atoms with E-state index in [1.54, 1.807) is 0 Å². The number of hydrogen-bond donors (Lipinski definition) is 1. The first-order valence-electron chi connectivity index (χ1n) is 8.11. The fourth-order valence-electron chi connectivity index (χ4n) is 3.33. The third-order valence-corrected chi connectivity index (χ3v) is 4.44. The number of aryl methyl sites for hydroxylation is 1. The zero-order chi connectivity index (χ0) is 14.5. The van der Waals surface area contributed by atoms with E-state index in [9.17, 15) is 0 Å². The highest BCUT2D eigenvalue weighted by molar-refractivity contribution is 5.31. The van der Waals surface area contributed by atoms with Crippen molar-refractivity contribution in [3.8, 4) is 0 Å². The number of ether oxygens (including phenoxy) is 1. The minimum atomic E-state index is 0.425. The third-order valence-electron chi connectivity index (χ3n) is 4.44. The fraction of sp³-hybridized carbons (Fsp3) is 0.812. The first-order chi connectivity index (χ1) is 9.76. The third kappa shape index (κ3) is 2.91. The lowest BCUT2D eigenvalue weighted by atomic mass is 9.98. The Morgan fingerprint density at radius 3 is 2.45 bits per heavy atom. The van der Waals surface area contributed by atoms with E-state index in [1.807, 2.05) is 0 Å². The van der Waals surface area contributed by atoms with Gasteiger partial charge in [0.15, 0.2) is 0 Å². The standard InChI is InChI=1S/C16H29N3O/c1-5-13(17-4)16-14(6-2)18-19(15(16)7-3)12-8-10-20-11-9-12/h12-13,17H,5-11H2,1-4H3. The van der Waals surface area contributed by atoms with Crippen molar-refractivity contribution in [1.29, 1.82) is 0 Å². The summed E-state index contributed by atoms with van der Waals surface area (Å²) < 4.78 is 7.81. The Morgan fingerprint density at radius 2 is 1.95 bits per heavy atom. The van der Waals surface area contributed by atoms with Gasteiger partial charge in [0.2, 0.25) is 0 Å². The highest BCUT2D eigenvalue weighted by Gasteiger charge is 2.26. The first kappa shape index (κ1) is 15.5. The summed E-state index contributed by atoms with van der Waals surface area (Å²) in [5.41, 5.74) is 4.15. The van der Waals surface area contributed by atoms with Crippen LogP contribution in [0.5, 0.6) is 0 Å². The van der Waals surface area contributed by atoms with Gasteiger partial charge in [0, 0.05) is 30.5 Å². The highest BCUT2D eigenvalue weighted by atomic mass is 16.5. The van der Waals surface area contributed by atoms with Gasteiger partial charge in [-0.15, -0.1) is 0 Å². The van der Waals surface area contributed by atoms with Crippen LogP contribution < -0.4 is 5.32 Å². The molecule has 0 saturated carbocycles. The van der Waals surface area contributed by atoms with Gasteiger partial charge in [0.25, 0.3) is 0 Å². The smallest absolute Gasteiger partial charge is 0.0672 e. The van der Waals surface area contributed by atoms with Crippen LogP contribution in [0.25, 0.3) is 0 Å². The maximum absolute atomic E-state index is 5.49. The average Bonchev–Trinajstić information content (AvgIpc) is 2.88. The summed E-state index contributed by atoms with van der Waals surface area (Å²) in [7, 11) is 2.05. The maximum atomic E-state index is 5.49. The van der Waals surface area contributed by atoms with E-state index in [0.29, 0.717) is 12.1 Å².